The number of carbonyl (C=O) groups is 1. The highest BCUT2D eigenvalue weighted by atomic mass is 35.5. The zero-order valence-electron chi connectivity index (χ0n) is 11.2. The summed E-state index contributed by atoms with van der Waals surface area (Å²) >= 11 is 11.8. The maximum absolute atomic E-state index is 11.9. The summed E-state index contributed by atoms with van der Waals surface area (Å²) in [5.41, 5.74) is 0.362. The molecule has 0 unspecified atom stereocenters. The molecule has 2 aromatic rings. The van der Waals surface area contributed by atoms with E-state index in [0.717, 1.165) is 11.1 Å². The minimum Gasteiger partial charge on any atom is -0.323 e. The summed E-state index contributed by atoms with van der Waals surface area (Å²) < 4.78 is 24.2. The van der Waals surface area contributed by atoms with Crippen LogP contribution in [-0.4, -0.2) is 35.6 Å². The SMILES string of the molecule is CS(=O)(=O)Nc1cnn(CC(=O)Nc2cccc(Cl)c2Cl)n1. The van der Waals surface area contributed by atoms with Crippen molar-refractivity contribution in [3.8, 4) is 0 Å². The van der Waals surface area contributed by atoms with Crippen LogP contribution in [0.25, 0.3) is 0 Å². The van der Waals surface area contributed by atoms with E-state index in [1.807, 2.05) is 0 Å². The van der Waals surface area contributed by atoms with Crippen molar-refractivity contribution in [3.05, 3.63) is 34.4 Å². The Balaban J connectivity index is 2.02. The summed E-state index contributed by atoms with van der Waals surface area (Å²) in [4.78, 5) is 12.9. The van der Waals surface area contributed by atoms with Gasteiger partial charge in [0.15, 0.2) is 5.82 Å². The lowest BCUT2D eigenvalue weighted by Crippen LogP contribution is -2.20. The van der Waals surface area contributed by atoms with E-state index in [9.17, 15) is 13.2 Å². The monoisotopic (exact) mass is 363 g/mol. The maximum Gasteiger partial charge on any atom is 0.248 e. The van der Waals surface area contributed by atoms with Gasteiger partial charge in [-0.3, -0.25) is 9.52 Å². The fourth-order valence-corrected chi connectivity index (χ4v) is 2.35. The van der Waals surface area contributed by atoms with Crippen LogP contribution in [0.5, 0.6) is 0 Å². The topological polar surface area (TPSA) is 106 Å². The lowest BCUT2D eigenvalue weighted by Gasteiger charge is -2.07. The second kappa shape index (κ2) is 6.51. The zero-order valence-corrected chi connectivity index (χ0v) is 13.6. The molecular weight excluding hydrogens is 353 g/mol. The number of benzene rings is 1. The Morgan fingerprint density at radius 3 is 2.77 bits per heavy atom. The van der Waals surface area contributed by atoms with Gasteiger partial charge in [-0.05, 0) is 12.1 Å². The van der Waals surface area contributed by atoms with Crippen LogP contribution in [0.1, 0.15) is 0 Å². The zero-order chi connectivity index (χ0) is 16.3. The summed E-state index contributed by atoms with van der Waals surface area (Å²) in [7, 11) is -3.45. The average molecular weight is 364 g/mol. The van der Waals surface area contributed by atoms with Crippen LogP contribution in [0.15, 0.2) is 24.4 Å². The van der Waals surface area contributed by atoms with Gasteiger partial charge in [-0.15, -0.1) is 5.10 Å². The minimum atomic E-state index is -3.45. The van der Waals surface area contributed by atoms with Crippen LogP contribution in [0.4, 0.5) is 11.5 Å². The van der Waals surface area contributed by atoms with Crippen molar-refractivity contribution in [1.29, 1.82) is 0 Å². The van der Waals surface area contributed by atoms with E-state index in [0.29, 0.717) is 10.7 Å². The summed E-state index contributed by atoms with van der Waals surface area (Å²) in [5, 5.41) is 10.7. The first-order valence-electron chi connectivity index (χ1n) is 5.86. The molecule has 2 N–H and O–H groups in total. The average Bonchev–Trinajstić information content (AvgIpc) is 2.79. The van der Waals surface area contributed by atoms with E-state index in [1.54, 1.807) is 18.2 Å². The number of hydrogen-bond acceptors (Lipinski definition) is 5. The van der Waals surface area contributed by atoms with Gasteiger partial charge in [0.2, 0.25) is 15.9 Å². The first-order valence-corrected chi connectivity index (χ1v) is 8.51. The van der Waals surface area contributed by atoms with Gasteiger partial charge in [-0.1, -0.05) is 29.3 Å². The molecule has 0 atom stereocenters. The molecular formula is C11H11Cl2N5O3S. The predicted octanol–water partition coefficient (Wildman–Crippen LogP) is 1.60. The van der Waals surface area contributed by atoms with Crippen LogP contribution in [0.2, 0.25) is 10.0 Å². The van der Waals surface area contributed by atoms with Crippen molar-refractivity contribution in [3.63, 3.8) is 0 Å². The van der Waals surface area contributed by atoms with E-state index in [2.05, 4.69) is 20.2 Å². The molecule has 0 aliphatic rings. The number of sulfonamides is 1. The van der Waals surface area contributed by atoms with Crippen molar-refractivity contribution >= 4 is 50.6 Å². The molecule has 0 aliphatic heterocycles. The van der Waals surface area contributed by atoms with Crippen LogP contribution in [0.3, 0.4) is 0 Å². The van der Waals surface area contributed by atoms with Crippen LogP contribution in [0, 0.1) is 0 Å². The summed E-state index contributed by atoms with van der Waals surface area (Å²) in [6.07, 6.45) is 2.18. The van der Waals surface area contributed by atoms with E-state index in [1.165, 1.54) is 6.20 Å². The Morgan fingerprint density at radius 2 is 2.09 bits per heavy atom. The van der Waals surface area contributed by atoms with Gasteiger partial charge >= 0.3 is 0 Å². The van der Waals surface area contributed by atoms with Crippen molar-refractivity contribution in [2.45, 2.75) is 6.54 Å². The molecule has 0 bridgehead atoms. The second-order valence-electron chi connectivity index (χ2n) is 4.28. The lowest BCUT2D eigenvalue weighted by molar-refractivity contribution is -0.117. The number of rotatable bonds is 5. The van der Waals surface area contributed by atoms with Crippen LogP contribution >= 0.6 is 23.2 Å². The quantitative estimate of drug-likeness (QED) is 0.838. The Morgan fingerprint density at radius 1 is 1.36 bits per heavy atom. The van der Waals surface area contributed by atoms with Gasteiger partial charge in [0.25, 0.3) is 0 Å². The molecule has 1 aromatic carbocycles. The highest BCUT2D eigenvalue weighted by Gasteiger charge is 2.11. The molecule has 8 nitrogen and oxygen atoms in total. The number of carbonyl (C=O) groups excluding carboxylic acids is 1. The van der Waals surface area contributed by atoms with Gasteiger partial charge < -0.3 is 5.32 Å². The molecule has 1 aromatic heterocycles. The Hall–Kier alpha value is -1.84. The normalized spacial score (nSPS) is 11.2. The molecule has 1 heterocycles. The second-order valence-corrected chi connectivity index (χ2v) is 6.82. The van der Waals surface area contributed by atoms with Crippen molar-refractivity contribution < 1.29 is 13.2 Å². The van der Waals surface area contributed by atoms with Crippen LogP contribution in [-0.2, 0) is 21.4 Å². The molecule has 22 heavy (non-hydrogen) atoms. The maximum atomic E-state index is 11.9. The van der Waals surface area contributed by atoms with E-state index >= 15 is 0 Å². The molecule has 0 saturated heterocycles. The van der Waals surface area contributed by atoms with Gasteiger partial charge in [0.05, 0.1) is 28.2 Å². The third-order valence-electron chi connectivity index (χ3n) is 2.34. The largest absolute Gasteiger partial charge is 0.323 e. The molecule has 2 rings (SSSR count). The molecule has 118 valence electrons. The van der Waals surface area contributed by atoms with Gasteiger partial charge in [0.1, 0.15) is 6.54 Å². The number of anilines is 2. The Bertz CT molecular complexity index is 806. The molecule has 0 aliphatic carbocycles. The minimum absolute atomic E-state index is 0.0242. The third kappa shape index (κ3) is 4.58. The summed E-state index contributed by atoms with van der Waals surface area (Å²) in [6, 6.07) is 4.83. The van der Waals surface area contributed by atoms with Gasteiger partial charge in [-0.2, -0.15) is 9.90 Å². The number of halogens is 2. The Kier molecular flexibility index (Phi) is 4.89. The fraction of sp³-hybridized carbons (Fsp3) is 0.182. The number of nitrogens with one attached hydrogen (secondary N) is 2. The number of aromatic nitrogens is 3. The highest BCUT2D eigenvalue weighted by molar-refractivity contribution is 7.92. The standard InChI is InChI=1S/C11H11Cl2N5O3S/c1-22(20,21)17-9-5-14-18(16-9)6-10(19)15-8-4-2-3-7(12)11(8)13/h2-5H,6H2,1H3,(H,15,19)(H,16,17). The smallest absolute Gasteiger partial charge is 0.248 e. The first-order chi connectivity index (χ1) is 10.2. The number of hydrogen-bond donors (Lipinski definition) is 2. The van der Waals surface area contributed by atoms with Crippen molar-refractivity contribution in [2.75, 3.05) is 16.3 Å². The summed E-state index contributed by atoms with van der Waals surface area (Å²) in [6.45, 7) is -0.214. The predicted molar refractivity (Wildman–Crippen MR) is 83.6 cm³/mol. The van der Waals surface area contributed by atoms with E-state index < -0.39 is 15.9 Å². The van der Waals surface area contributed by atoms with Crippen molar-refractivity contribution in [1.82, 2.24) is 15.0 Å². The Labute approximate surface area is 136 Å². The molecule has 11 heteroatoms. The lowest BCUT2D eigenvalue weighted by atomic mass is 10.3. The van der Waals surface area contributed by atoms with Crippen molar-refractivity contribution in [2.24, 2.45) is 0 Å². The molecule has 1 amide bonds. The van der Waals surface area contributed by atoms with Gasteiger partial charge in [0, 0.05) is 0 Å². The summed E-state index contributed by atoms with van der Waals surface area (Å²) in [5.74, 6) is -0.415. The molecule has 0 saturated carbocycles. The fourth-order valence-electron chi connectivity index (χ4n) is 1.53. The molecule has 0 radical (unpaired) electrons. The molecule has 0 spiro atoms. The number of amides is 1. The first kappa shape index (κ1) is 16.5. The van der Waals surface area contributed by atoms with E-state index in [4.69, 9.17) is 23.2 Å². The van der Waals surface area contributed by atoms with Crippen LogP contribution < -0.4 is 10.0 Å². The van der Waals surface area contributed by atoms with Gasteiger partial charge in [-0.25, -0.2) is 8.42 Å². The van der Waals surface area contributed by atoms with E-state index in [-0.39, 0.29) is 17.4 Å². The third-order valence-corrected chi connectivity index (χ3v) is 3.74. The highest BCUT2D eigenvalue weighted by Crippen LogP contribution is 2.29. The molecule has 0 fully saturated rings. The number of nitrogens with zero attached hydrogens (tertiary/aromatic N) is 3.